The molecule has 0 unspecified atom stereocenters. The largest absolute Gasteiger partial charge is 0.331 e. The number of halogens is 1. The van der Waals surface area contributed by atoms with E-state index in [-0.39, 0.29) is 6.03 Å². The Bertz CT molecular complexity index is 297. The van der Waals surface area contributed by atoms with Crippen LogP contribution in [0.25, 0.3) is 0 Å². The summed E-state index contributed by atoms with van der Waals surface area (Å²) in [7, 11) is 3.36. The summed E-state index contributed by atoms with van der Waals surface area (Å²) in [5.74, 6) is 0. The molecule has 0 aromatic carbocycles. The summed E-state index contributed by atoms with van der Waals surface area (Å²) in [4.78, 5) is 16.6. The molecule has 1 N–H and O–H groups in total. The van der Waals surface area contributed by atoms with Crippen LogP contribution in [-0.2, 0) is 0 Å². The van der Waals surface area contributed by atoms with Gasteiger partial charge in [-0.25, -0.2) is 9.78 Å². The summed E-state index contributed by atoms with van der Waals surface area (Å²) in [6, 6.07) is 3.38. The van der Waals surface area contributed by atoms with Crippen molar-refractivity contribution < 1.29 is 4.79 Å². The molecule has 0 bridgehead atoms. The van der Waals surface area contributed by atoms with Gasteiger partial charge in [-0.05, 0) is 28.1 Å². The van der Waals surface area contributed by atoms with Crippen molar-refractivity contribution >= 4 is 27.6 Å². The van der Waals surface area contributed by atoms with Crippen molar-refractivity contribution in [3.8, 4) is 0 Å². The first-order chi connectivity index (χ1) is 6.09. The molecule has 1 heterocycles. The number of anilines is 1. The first kappa shape index (κ1) is 9.98. The standard InChI is InChI=1S/C8H10BrN3O/c1-12(2)8(13)11-6-3-4-7(9)10-5-6/h3-5H,1-2H3,(H,11,13). The van der Waals surface area contributed by atoms with E-state index in [1.807, 2.05) is 0 Å². The predicted octanol–water partition coefficient (Wildman–Crippen LogP) is 1.94. The molecule has 0 fully saturated rings. The Morgan fingerprint density at radius 3 is 2.69 bits per heavy atom. The molecule has 1 aromatic heterocycles. The van der Waals surface area contributed by atoms with Crippen molar-refractivity contribution in [2.24, 2.45) is 0 Å². The van der Waals surface area contributed by atoms with E-state index in [9.17, 15) is 4.79 Å². The summed E-state index contributed by atoms with van der Waals surface area (Å²) in [5, 5.41) is 2.67. The van der Waals surface area contributed by atoms with Crippen LogP contribution in [-0.4, -0.2) is 30.0 Å². The molecule has 0 aliphatic carbocycles. The van der Waals surface area contributed by atoms with Crippen LogP contribution in [0, 0.1) is 0 Å². The predicted molar refractivity (Wildman–Crippen MR) is 54.6 cm³/mol. The molecule has 0 aliphatic heterocycles. The molecule has 4 nitrogen and oxygen atoms in total. The first-order valence-electron chi connectivity index (χ1n) is 3.69. The molecule has 2 amide bonds. The van der Waals surface area contributed by atoms with Gasteiger partial charge in [-0.15, -0.1) is 0 Å². The number of pyridine rings is 1. The van der Waals surface area contributed by atoms with Gasteiger partial charge in [0.1, 0.15) is 4.60 Å². The summed E-state index contributed by atoms with van der Waals surface area (Å²) in [6.45, 7) is 0. The maximum Gasteiger partial charge on any atom is 0.321 e. The van der Waals surface area contributed by atoms with Crippen LogP contribution in [0.2, 0.25) is 0 Å². The highest BCUT2D eigenvalue weighted by Crippen LogP contribution is 2.10. The van der Waals surface area contributed by atoms with Crippen LogP contribution in [0.1, 0.15) is 0 Å². The molecule has 5 heteroatoms. The normalized spacial score (nSPS) is 9.46. The molecule has 0 saturated heterocycles. The second-order valence-corrected chi connectivity index (χ2v) is 3.51. The quantitative estimate of drug-likeness (QED) is 0.767. The minimum absolute atomic E-state index is 0.163. The zero-order chi connectivity index (χ0) is 9.84. The molecule has 0 saturated carbocycles. The molecule has 1 rings (SSSR count). The molecule has 13 heavy (non-hydrogen) atoms. The lowest BCUT2D eigenvalue weighted by Crippen LogP contribution is -2.27. The monoisotopic (exact) mass is 243 g/mol. The van der Waals surface area contributed by atoms with E-state index in [0.29, 0.717) is 5.69 Å². The number of rotatable bonds is 1. The van der Waals surface area contributed by atoms with Crippen LogP contribution in [0.15, 0.2) is 22.9 Å². The van der Waals surface area contributed by atoms with Crippen LogP contribution in [0.5, 0.6) is 0 Å². The van der Waals surface area contributed by atoms with Gasteiger partial charge in [0.05, 0.1) is 11.9 Å². The number of nitrogens with one attached hydrogen (secondary N) is 1. The van der Waals surface area contributed by atoms with E-state index in [4.69, 9.17) is 0 Å². The van der Waals surface area contributed by atoms with E-state index >= 15 is 0 Å². The topological polar surface area (TPSA) is 45.2 Å². The van der Waals surface area contributed by atoms with Crippen molar-refractivity contribution in [1.82, 2.24) is 9.88 Å². The summed E-state index contributed by atoms with van der Waals surface area (Å²) in [6.07, 6.45) is 1.59. The zero-order valence-electron chi connectivity index (χ0n) is 7.41. The second kappa shape index (κ2) is 4.23. The van der Waals surface area contributed by atoms with Crippen LogP contribution in [0.4, 0.5) is 10.5 Å². The average molecular weight is 244 g/mol. The number of aromatic nitrogens is 1. The zero-order valence-corrected chi connectivity index (χ0v) is 9.00. The number of carbonyl (C=O) groups excluding carboxylic acids is 1. The highest BCUT2D eigenvalue weighted by Gasteiger charge is 2.02. The number of hydrogen-bond donors (Lipinski definition) is 1. The van der Waals surface area contributed by atoms with Gasteiger partial charge in [-0.2, -0.15) is 0 Å². The Kier molecular flexibility index (Phi) is 3.25. The van der Waals surface area contributed by atoms with Gasteiger partial charge in [0.2, 0.25) is 0 Å². The molecule has 0 radical (unpaired) electrons. The summed E-state index contributed by atoms with van der Waals surface area (Å²) < 4.78 is 0.746. The maximum atomic E-state index is 11.2. The average Bonchev–Trinajstić information content (AvgIpc) is 2.08. The van der Waals surface area contributed by atoms with Crippen molar-refractivity contribution in [1.29, 1.82) is 0 Å². The minimum atomic E-state index is -0.163. The Morgan fingerprint density at radius 1 is 1.54 bits per heavy atom. The van der Waals surface area contributed by atoms with Crippen molar-refractivity contribution in [2.45, 2.75) is 0 Å². The lowest BCUT2D eigenvalue weighted by molar-refractivity contribution is 0.230. The fourth-order valence-electron chi connectivity index (χ4n) is 0.685. The van der Waals surface area contributed by atoms with Gasteiger partial charge in [0, 0.05) is 14.1 Å². The van der Waals surface area contributed by atoms with E-state index in [0.717, 1.165) is 4.60 Å². The highest BCUT2D eigenvalue weighted by atomic mass is 79.9. The van der Waals surface area contributed by atoms with E-state index in [1.165, 1.54) is 4.90 Å². The smallest absolute Gasteiger partial charge is 0.321 e. The number of carbonyl (C=O) groups is 1. The third-order valence-electron chi connectivity index (χ3n) is 1.38. The lowest BCUT2D eigenvalue weighted by atomic mass is 10.4. The van der Waals surface area contributed by atoms with Crippen molar-refractivity contribution in [3.05, 3.63) is 22.9 Å². The van der Waals surface area contributed by atoms with Crippen LogP contribution >= 0.6 is 15.9 Å². The van der Waals surface area contributed by atoms with E-state index < -0.39 is 0 Å². The summed E-state index contributed by atoms with van der Waals surface area (Å²) in [5.41, 5.74) is 0.682. The van der Waals surface area contributed by atoms with Crippen molar-refractivity contribution in [2.75, 3.05) is 19.4 Å². The lowest BCUT2D eigenvalue weighted by Gasteiger charge is -2.11. The Labute approximate surface area is 85.1 Å². The number of nitrogens with zero attached hydrogens (tertiary/aromatic N) is 2. The fraction of sp³-hybridized carbons (Fsp3) is 0.250. The molecular formula is C8H10BrN3O. The second-order valence-electron chi connectivity index (χ2n) is 2.69. The number of amides is 2. The molecule has 0 atom stereocenters. The van der Waals surface area contributed by atoms with Gasteiger partial charge >= 0.3 is 6.03 Å². The van der Waals surface area contributed by atoms with E-state index in [2.05, 4.69) is 26.2 Å². The van der Waals surface area contributed by atoms with Gasteiger partial charge in [0.25, 0.3) is 0 Å². The third-order valence-corrected chi connectivity index (χ3v) is 1.85. The van der Waals surface area contributed by atoms with Gasteiger partial charge in [-0.1, -0.05) is 0 Å². The Morgan fingerprint density at radius 2 is 2.23 bits per heavy atom. The van der Waals surface area contributed by atoms with Gasteiger partial charge in [-0.3, -0.25) is 0 Å². The van der Waals surface area contributed by atoms with Crippen LogP contribution in [0.3, 0.4) is 0 Å². The number of urea groups is 1. The minimum Gasteiger partial charge on any atom is -0.331 e. The fourth-order valence-corrected chi connectivity index (χ4v) is 0.920. The Balaban J connectivity index is 2.65. The Hall–Kier alpha value is -1.10. The molecule has 70 valence electrons. The number of hydrogen-bond acceptors (Lipinski definition) is 2. The highest BCUT2D eigenvalue weighted by molar-refractivity contribution is 9.10. The van der Waals surface area contributed by atoms with Gasteiger partial charge in [0.15, 0.2) is 0 Å². The molecule has 1 aromatic rings. The summed E-state index contributed by atoms with van der Waals surface area (Å²) >= 11 is 3.21. The third kappa shape index (κ3) is 3.02. The van der Waals surface area contributed by atoms with Crippen molar-refractivity contribution in [3.63, 3.8) is 0 Å². The molecular weight excluding hydrogens is 234 g/mol. The molecule has 0 aliphatic rings. The van der Waals surface area contributed by atoms with Gasteiger partial charge < -0.3 is 10.2 Å². The molecule has 0 spiro atoms. The first-order valence-corrected chi connectivity index (χ1v) is 4.49. The van der Waals surface area contributed by atoms with E-state index in [1.54, 1.807) is 32.4 Å². The maximum absolute atomic E-state index is 11.2. The van der Waals surface area contributed by atoms with Crippen LogP contribution < -0.4 is 5.32 Å². The SMILES string of the molecule is CN(C)C(=O)Nc1ccc(Br)nc1.